The van der Waals surface area contributed by atoms with E-state index in [1.54, 1.807) is 13.1 Å². The molecule has 0 atom stereocenters. The van der Waals surface area contributed by atoms with Gasteiger partial charge >= 0.3 is 5.97 Å². The van der Waals surface area contributed by atoms with Gasteiger partial charge in [-0.15, -0.1) is 0 Å². The minimum absolute atomic E-state index is 0.0203. The average molecular weight is 264 g/mol. The SMILES string of the molecule is CCOC(=O)Cn1cc(-c2ccc(O)cc2F)cn1. The molecule has 0 unspecified atom stereocenters. The van der Waals surface area contributed by atoms with Crippen LogP contribution in [0.3, 0.4) is 0 Å². The largest absolute Gasteiger partial charge is 0.508 e. The Morgan fingerprint density at radius 2 is 2.32 bits per heavy atom. The van der Waals surface area contributed by atoms with E-state index in [4.69, 9.17) is 9.84 Å². The molecule has 0 saturated carbocycles. The van der Waals surface area contributed by atoms with Crippen molar-refractivity contribution < 1.29 is 19.0 Å². The number of rotatable bonds is 4. The third-order valence-electron chi connectivity index (χ3n) is 2.49. The molecule has 2 rings (SSSR count). The summed E-state index contributed by atoms with van der Waals surface area (Å²) in [6.07, 6.45) is 3.00. The van der Waals surface area contributed by atoms with Crippen molar-refractivity contribution in [1.29, 1.82) is 0 Å². The molecule has 100 valence electrons. The number of aromatic hydroxyl groups is 1. The third-order valence-corrected chi connectivity index (χ3v) is 2.49. The summed E-state index contributed by atoms with van der Waals surface area (Å²) < 4.78 is 19.8. The van der Waals surface area contributed by atoms with Crippen molar-refractivity contribution >= 4 is 5.97 Å². The van der Waals surface area contributed by atoms with Crippen LogP contribution in [0.2, 0.25) is 0 Å². The van der Waals surface area contributed by atoms with E-state index in [1.165, 1.54) is 23.0 Å². The molecule has 0 aliphatic rings. The van der Waals surface area contributed by atoms with Gasteiger partial charge in [-0.3, -0.25) is 9.48 Å². The lowest BCUT2D eigenvalue weighted by molar-refractivity contribution is -0.144. The molecule has 0 aliphatic carbocycles. The first kappa shape index (κ1) is 13.1. The van der Waals surface area contributed by atoms with Gasteiger partial charge in [0.1, 0.15) is 18.1 Å². The Labute approximate surface area is 109 Å². The summed E-state index contributed by atoms with van der Waals surface area (Å²) in [5, 5.41) is 13.1. The van der Waals surface area contributed by atoms with Gasteiger partial charge in [0.05, 0.1) is 12.8 Å². The Morgan fingerprint density at radius 3 is 3.00 bits per heavy atom. The van der Waals surface area contributed by atoms with E-state index < -0.39 is 11.8 Å². The molecule has 1 aromatic carbocycles. The summed E-state index contributed by atoms with van der Waals surface area (Å²) in [6.45, 7) is 2.01. The average Bonchev–Trinajstić information content (AvgIpc) is 2.77. The van der Waals surface area contributed by atoms with Crippen molar-refractivity contribution in [2.45, 2.75) is 13.5 Å². The highest BCUT2D eigenvalue weighted by Gasteiger charge is 2.10. The van der Waals surface area contributed by atoms with Gasteiger partial charge in [-0.05, 0) is 19.1 Å². The Hall–Kier alpha value is -2.37. The third kappa shape index (κ3) is 3.09. The topological polar surface area (TPSA) is 64.3 Å². The van der Waals surface area contributed by atoms with Gasteiger partial charge in [-0.2, -0.15) is 5.10 Å². The number of esters is 1. The number of carbonyl (C=O) groups is 1. The van der Waals surface area contributed by atoms with Crippen LogP contribution in [0.4, 0.5) is 4.39 Å². The molecule has 6 heteroatoms. The first-order chi connectivity index (χ1) is 9.10. The van der Waals surface area contributed by atoms with E-state index in [0.717, 1.165) is 6.07 Å². The molecule has 0 fully saturated rings. The molecule has 0 spiro atoms. The predicted molar refractivity (Wildman–Crippen MR) is 65.9 cm³/mol. The number of carbonyl (C=O) groups excluding carboxylic acids is 1. The fraction of sp³-hybridized carbons (Fsp3) is 0.231. The van der Waals surface area contributed by atoms with Crippen molar-refractivity contribution in [2.24, 2.45) is 0 Å². The zero-order valence-corrected chi connectivity index (χ0v) is 10.3. The van der Waals surface area contributed by atoms with E-state index in [9.17, 15) is 9.18 Å². The zero-order valence-electron chi connectivity index (χ0n) is 10.3. The van der Waals surface area contributed by atoms with Crippen LogP contribution < -0.4 is 0 Å². The number of aromatic nitrogens is 2. The van der Waals surface area contributed by atoms with Gasteiger partial charge in [0.25, 0.3) is 0 Å². The van der Waals surface area contributed by atoms with Crippen molar-refractivity contribution in [2.75, 3.05) is 6.61 Å². The summed E-state index contributed by atoms with van der Waals surface area (Å²) in [7, 11) is 0. The fourth-order valence-corrected chi connectivity index (χ4v) is 1.67. The summed E-state index contributed by atoms with van der Waals surface area (Å²) in [5.41, 5.74) is 0.842. The molecule has 1 N–H and O–H groups in total. The fourth-order valence-electron chi connectivity index (χ4n) is 1.67. The maximum absolute atomic E-state index is 13.6. The summed E-state index contributed by atoms with van der Waals surface area (Å²) >= 11 is 0. The lowest BCUT2D eigenvalue weighted by Gasteiger charge is -2.02. The molecular weight excluding hydrogens is 251 g/mol. The van der Waals surface area contributed by atoms with Crippen molar-refractivity contribution in [3.05, 3.63) is 36.4 Å². The normalized spacial score (nSPS) is 10.4. The van der Waals surface area contributed by atoms with Crippen LogP contribution in [0.1, 0.15) is 6.92 Å². The van der Waals surface area contributed by atoms with Crippen LogP contribution in [-0.4, -0.2) is 27.5 Å². The first-order valence-electron chi connectivity index (χ1n) is 5.77. The monoisotopic (exact) mass is 264 g/mol. The predicted octanol–water partition coefficient (Wildman–Crippen LogP) is 1.96. The van der Waals surface area contributed by atoms with Gasteiger partial charge in [0.15, 0.2) is 0 Å². The van der Waals surface area contributed by atoms with E-state index in [-0.39, 0.29) is 12.3 Å². The number of halogens is 1. The van der Waals surface area contributed by atoms with Gasteiger partial charge in [0, 0.05) is 23.4 Å². The number of phenolic OH excluding ortho intramolecular Hbond substituents is 1. The molecule has 19 heavy (non-hydrogen) atoms. The van der Waals surface area contributed by atoms with Gasteiger partial charge in [0.2, 0.25) is 0 Å². The van der Waals surface area contributed by atoms with E-state index in [2.05, 4.69) is 5.10 Å². The Bertz CT molecular complexity index is 595. The quantitative estimate of drug-likeness (QED) is 0.857. The van der Waals surface area contributed by atoms with Crippen molar-refractivity contribution in [1.82, 2.24) is 9.78 Å². The maximum Gasteiger partial charge on any atom is 0.327 e. The number of ether oxygens (including phenoxy) is 1. The Balaban J connectivity index is 2.18. The van der Waals surface area contributed by atoms with E-state index in [1.807, 2.05) is 0 Å². The van der Waals surface area contributed by atoms with Crippen LogP contribution in [0.15, 0.2) is 30.6 Å². The molecule has 1 aromatic heterocycles. The number of nitrogens with zero attached hydrogens (tertiary/aromatic N) is 2. The minimum atomic E-state index is -0.546. The molecule has 0 bridgehead atoms. The highest BCUT2D eigenvalue weighted by atomic mass is 19.1. The summed E-state index contributed by atoms with van der Waals surface area (Å²) in [6, 6.07) is 3.87. The van der Waals surface area contributed by atoms with Gasteiger partial charge < -0.3 is 9.84 Å². The molecule has 1 heterocycles. The standard InChI is InChI=1S/C13H13FN2O3/c1-2-19-13(18)8-16-7-9(6-15-16)11-4-3-10(17)5-12(11)14/h3-7,17H,2,8H2,1H3. The Kier molecular flexibility index (Phi) is 3.79. The molecule has 0 saturated heterocycles. The van der Waals surface area contributed by atoms with Crippen LogP contribution in [0, 0.1) is 5.82 Å². The molecule has 5 nitrogen and oxygen atoms in total. The number of hydrogen-bond donors (Lipinski definition) is 1. The van der Waals surface area contributed by atoms with E-state index >= 15 is 0 Å². The van der Waals surface area contributed by atoms with Crippen molar-refractivity contribution in [3.63, 3.8) is 0 Å². The van der Waals surface area contributed by atoms with Crippen LogP contribution in [0.5, 0.6) is 5.75 Å². The second-order valence-corrected chi connectivity index (χ2v) is 3.90. The molecule has 0 aliphatic heterocycles. The van der Waals surface area contributed by atoms with Gasteiger partial charge in [-0.1, -0.05) is 0 Å². The first-order valence-corrected chi connectivity index (χ1v) is 5.77. The molecule has 0 amide bonds. The second-order valence-electron chi connectivity index (χ2n) is 3.90. The zero-order chi connectivity index (χ0) is 13.8. The minimum Gasteiger partial charge on any atom is -0.508 e. The molecule has 0 radical (unpaired) electrons. The number of benzene rings is 1. The second kappa shape index (κ2) is 5.51. The van der Waals surface area contributed by atoms with Crippen LogP contribution in [-0.2, 0) is 16.1 Å². The maximum atomic E-state index is 13.6. The highest BCUT2D eigenvalue weighted by molar-refractivity contribution is 5.69. The summed E-state index contributed by atoms with van der Waals surface area (Å²) in [4.78, 5) is 11.3. The Morgan fingerprint density at radius 1 is 1.53 bits per heavy atom. The number of phenols is 1. The van der Waals surface area contributed by atoms with Crippen LogP contribution in [0.25, 0.3) is 11.1 Å². The molecule has 2 aromatic rings. The highest BCUT2D eigenvalue weighted by Crippen LogP contribution is 2.25. The van der Waals surface area contributed by atoms with E-state index in [0.29, 0.717) is 17.7 Å². The summed E-state index contributed by atoms with van der Waals surface area (Å²) in [5.74, 6) is -1.08. The number of hydrogen-bond acceptors (Lipinski definition) is 4. The van der Waals surface area contributed by atoms with Crippen molar-refractivity contribution in [3.8, 4) is 16.9 Å². The van der Waals surface area contributed by atoms with Crippen LogP contribution >= 0.6 is 0 Å². The van der Waals surface area contributed by atoms with Gasteiger partial charge in [-0.25, -0.2) is 4.39 Å². The lowest BCUT2D eigenvalue weighted by atomic mass is 10.1. The molecular formula is C13H13FN2O3. The lowest BCUT2D eigenvalue weighted by Crippen LogP contribution is -2.13. The smallest absolute Gasteiger partial charge is 0.327 e.